The first-order valence-corrected chi connectivity index (χ1v) is 5.72. The summed E-state index contributed by atoms with van der Waals surface area (Å²) in [5.74, 6) is -1.72. The van der Waals surface area contributed by atoms with Crippen LogP contribution in [-0.2, 0) is 7.05 Å². The summed E-state index contributed by atoms with van der Waals surface area (Å²) in [5, 5.41) is 8.97. The van der Waals surface area contributed by atoms with Crippen molar-refractivity contribution in [3.63, 3.8) is 0 Å². The molecule has 0 unspecified atom stereocenters. The molecule has 0 aliphatic heterocycles. The van der Waals surface area contributed by atoms with Gasteiger partial charge in [-0.1, -0.05) is 0 Å². The van der Waals surface area contributed by atoms with Crippen LogP contribution in [0.3, 0.4) is 0 Å². The van der Waals surface area contributed by atoms with Crippen LogP contribution in [-0.4, -0.2) is 22.8 Å². The number of halogens is 1. The van der Waals surface area contributed by atoms with E-state index >= 15 is 0 Å². The molecule has 104 valence electrons. The van der Waals surface area contributed by atoms with Crippen LogP contribution in [0.4, 0.5) is 4.39 Å². The van der Waals surface area contributed by atoms with Crippen molar-refractivity contribution in [3.8, 4) is 17.0 Å². The molecule has 0 aliphatic carbocycles. The first-order chi connectivity index (χ1) is 9.43. The molecule has 1 heterocycles. The van der Waals surface area contributed by atoms with Gasteiger partial charge in [0.2, 0.25) is 0 Å². The van der Waals surface area contributed by atoms with Crippen LogP contribution in [0, 0.1) is 5.82 Å². The maximum atomic E-state index is 13.7. The second-order valence-electron chi connectivity index (χ2n) is 4.18. The molecule has 0 radical (unpaired) electrons. The van der Waals surface area contributed by atoms with Gasteiger partial charge in [-0.25, -0.2) is 9.18 Å². The molecule has 1 aromatic heterocycles. The van der Waals surface area contributed by atoms with E-state index < -0.39 is 17.3 Å². The highest BCUT2D eigenvalue weighted by Crippen LogP contribution is 2.25. The van der Waals surface area contributed by atoms with Crippen molar-refractivity contribution in [3.05, 3.63) is 52.1 Å². The number of hydrogen-bond donors (Lipinski definition) is 1. The molecular weight excluding hydrogens is 265 g/mol. The predicted molar refractivity (Wildman–Crippen MR) is 70.6 cm³/mol. The predicted octanol–water partition coefficient (Wildman–Crippen LogP) is 1.90. The minimum absolute atomic E-state index is 0.0770. The van der Waals surface area contributed by atoms with Gasteiger partial charge in [0.15, 0.2) is 11.6 Å². The van der Waals surface area contributed by atoms with E-state index in [1.165, 1.54) is 36.9 Å². The second-order valence-corrected chi connectivity index (χ2v) is 4.18. The molecule has 2 aromatic rings. The lowest BCUT2D eigenvalue weighted by Crippen LogP contribution is -2.19. The Kier molecular flexibility index (Phi) is 3.56. The molecule has 2 rings (SSSR count). The summed E-state index contributed by atoms with van der Waals surface area (Å²) in [7, 11) is 2.84. The standard InChI is InChI=1S/C14H12FNO4/c1-16-11(6-9(14(18)19)7-13(16)17)8-3-4-12(20-2)10(15)5-8/h3-7H,1-2H3,(H,18,19). The fourth-order valence-electron chi connectivity index (χ4n) is 1.86. The molecule has 20 heavy (non-hydrogen) atoms. The maximum Gasteiger partial charge on any atom is 0.335 e. The number of nitrogens with zero attached hydrogens (tertiary/aromatic N) is 1. The van der Waals surface area contributed by atoms with Crippen LogP contribution >= 0.6 is 0 Å². The molecule has 0 aliphatic rings. The summed E-state index contributed by atoms with van der Waals surface area (Å²) in [6.07, 6.45) is 0. The number of benzene rings is 1. The summed E-state index contributed by atoms with van der Waals surface area (Å²) in [6, 6.07) is 6.51. The minimum Gasteiger partial charge on any atom is -0.494 e. The van der Waals surface area contributed by atoms with Crippen LogP contribution in [0.15, 0.2) is 35.1 Å². The Morgan fingerprint density at radius 3 is 2.55 bits per heavy atom. The van der Waals surface area contributed by atoms with Crippen molar-refractivity contribution in [1.82, 2.24) is 4.57 Å². The number of methoxy groups -OCH3 is 1. The Morgan fingerprint density at radius 1 is 1.30 bits per heavy atom. The van der Waals surface area contributed by atoms with Crippen LogP contribution in [0.2, 0.25) is 0 Å². The van der Waals surface area contributed by atoms with Gasteiger partial charge in [0.1, 0.15) is 0 Å². The van der Waals surface area contributed by atoms with E-state index in [2.05, 4.69) is 0 Å². The van der Waals surface area contributed by atoms with Gasteiger partial charge in [0.25, 0.3) is 5.56 Å². The summed E-state index contributed by atoms with van der Waals surface area (Å²) in [4.78, 5) is 22.7. The van der Waals surface area contributed by atoms with Gasteiger partial charge in [0, 0.05) is 18.7 Å². The zero-order valence-electron chi connectivity index (χ0n) is 10.9. The SMILES string of the molecule is COc1ccc(-c2cc(C(=O)O)cc(=O)n2C)cc1F. The molecule has 0 atom stereocenters. The van der Waals surface area contributed by atoms with Gasteiger partial charge in [-0.2, -0.15) is 0 Å². The lowest BCUT2D eigenvalue weighted by Gasteiger charge is -2.10. The molecule has 0 fully saturated rings. The first kappa shape index (κ1) is 13.8. The van der Waals surface area contributed by atoms with Crippen molar-refractivity contribution in [2.45, 2.75) is 0 Å². The Balaban J connectivity index is 2.65. The first-order valence-electron chi connectivity index (χ1n) is 5.72. The number of hydrogen-bond acceptors (Lipinski definition) is 3. The van der Waals surface area contributed by atoms with Crippen molar-refractivity contribution in [1.29, 1.82) is 0 Å². The monoisotopic (exact) mass is 277 g/mol. The molecule has 6 heteroatoms. The minimum atomic E-state index is -1.21. The Bertz CT molecular complexity index is 736. The number of pyridine rings is 1. The average Bonchev–Trinajstić information content (AvgIpc) is 2.41. The number of carboxylic acid groups (broad SMARTS) is 1. The fraction of sp³-hybridized carbons (Fsp3) is 0.143. The molecule has 0 saturated carbocycles. The third kappa shape index (κ3) is 2.40. The van der Waals surface area contributed by atoms with Crippen molar-refractivity contribution < 1.29 is 19.0 Å². The smallest absolute Gasteiger partial charge is 0.335 e. The van der Waals surface area contributed by atoms with Crippen molar-refractivity contribution in [2.75, 3.05) is 7.11 Å². The summed E-state index contributed by atoms with van der Waals surface area (Å²) >= 11 is 0. The van der Waals surface area contributed by atoms with Crippen LogP contribution < -0.4 is 10.3 Å². The molecule has 0 amide bonds. The van der Waals surface area contributed by atoms with Crippen molar-refractivity contribution in [2.24, 2.45) is 7.05 Å². The third-order valence-corrected chi connectivity index (χ3v) is 2.96. The zero-order valence-corrected chi connectivity index (χ0v) is 10.9. The van der Waals surface area contributed by atoms with Crippen LogP contribution in [0.1, 0.15) is 10.4 Å². The van der Waals surface area contributed by atoms with Gasteiger partial charge in [-0.15, -0.1) is 0 Å². The Morgan fingerprint density at radius 2 is 2.00 bits per heavy atom. The van der Waals surface area contributed by atoms with E-state index in [4.69, 9.17) is 9.84 Å². The number of carboxylic acids is 1. The number of aromatic carboxylic acids is 1. The van der Waals surface area contributed by atoms with Gasteiger partial charge in [-0.3, -0.25) is 4.79 Å². The van der Waals surface area contributed by atoms with Gasteiger partial charge in [-0.05, 0) is 24.3 Å². The molecule has 1 N–H and O–H groups in total. The van der Waals surface area contributed by atoms with Gasteiger partial charge >= 0.3 is 5.97 Å². The van der Waals surface area contributed by atoms with Crippen molar-refractivity contribution >= 4 is 5.97 Å². The second kappa shape index (κ2) is 5.16. The van der Waals surface area contributed by atoms with E-state index in [0.717, 1.165) is 6.07 Å². The summed E-state index contributed by atoms with van der Waals surface area (Å²) in [6.45, 7) is 0. The van der Waals surface area contributed by atoms with E-state index in [0.29, 0.717) is 11.3 Å². The average molecular weight is 277 g/mol. The number of aromatic nitrogens is 1. The molecule has 5 nitrogen and oxygen atoms in total. The van der Waals surface area contributed by atoms with E-state index in [-0.39, 0.29) is 11.3 Å². The van der Waals surface area contributed by atoms with Gasteiger partial charge in [0.05, 0.1) is 18.4 Å². The number of ether oxygens (including phenoxy) is 1. The fourth-order valence-corrected chi connectivity index (χ4v) is 1.86. The summed E-state index contributed by atoms with van der Waals surface area (Å²) < 4.78 is 19.8. The molecule has 0 spiro atoms. The topological polar surface area (TPSA) is 68.5 Å². The normalized spacial score (nSPS) is 10.3. The zero-order chi connectivity index (χ0) is 14.9. The van der Waals surface area contributed by atoms with Crippen LogP contribution in [0.5, 0.6) is 5.75 Å². The Hall–Kier alpha value is -2.63. The highest BCUT2D eigenvalue weighted by atomic mass is 19.1. The highest BCUT2D eigenvalue weighted by Gasteiger charge is 2.12. The largest absolute Gasteiger partial charge is 0.494 e. The molecule has 1 aromatic carbocycles. The molecular formula is C14H12FNO4. The number of rotatable bonds is 3. The van der Waals surface area contributed by atoms with Crippen LogP contribution in [0.25, 0.3) is 11.3 Å². The van der Waals surface area contributed by atoms with E-state index in [9.17, 15) is 14.0 Å². The highest BCUT2D eigenvalue weighted by molar-refractivity contribution is 5.88. The quantitative estimate of drug-likeness (QED) is 0.930. The molecule has 0 saturated heterocycles. The van der Waals surface area contributed by atoms with E-state index in [1.54, 1.807) is 6.07 Å². The van der Waals surface area contributed by atoms with Gasteiger partial charge < -0.3 is 14.4 Å². The lowest BCUT2D eigenvalue weighted by atomic mass is 10.1. The van der Waals surface area contributed by atoms with E-state index in [1.807, 2.05) is 0 Å². The number of carbonyl (C=O) groups is 1. The lowest BCUT2D eigenvalue weighted by molar-refractivity contribution is 0.0696. The summed E-state index contributed by atoms with van der Waals surface area (Å²) in [5.41, 5.74) is 0.0953. The Labute approximate surface area is 113 Å². The third-order valence-electron chi connectivity index (χ3n) is 2.96. The maximum absolute atomic E-state index is 13.7. The molecule has 0 bridgehead atoms.